The van der Waals surface area contributed by atoms with Crippen molar-refractivity contribution >= 4 is 39.1 Å². The summed E-state index contributed by atoms with van der Waals surface area (Å²) in [6, 6.07) is 27.1. The third-order valence-electron chi connectivity index (χ3n) is 7.18. The fourth-order valence-electron chi connectivity index (χ4n) is 5.05. The van der Waals surface area contributed by atoms with Crippen LogP contribution in [0.25, 0.3) is 32.9 Å². The van der Waals surface area contributed by atoms with Crippen LogP contribution < -0.4 is 10.6 Å². The normalized spacial score (nSPS) is 11.9. The fraction of sp³-hybridized carbons (Fsp3) is 0.118. The summed E-state index contributed by atoms with van der Waals surface area (Å²) in [7, 11) is 0. The van der Waals surface area contributed by atoms with Crippen molar-refractivity contribution in [3.05, 3.63) is 126 Å². The summed E-state index contributed by atoms with van der Waals surface area (Å²) in [5.74, 6) is 0.390. The van der Waals surface area contributed by atoms with Crippen LogP contribution in [0, 0.1) is 13.8 Å². The van der Waals surface area contributed by atoms with Crippen LogP contribution in [0.4, 0.5) is 26.3 Å². The first-order valence-electron chi connectivity index (χ1n) is 14.0. The van der Waals surface area contributed by atoms with Crippen molar-refractivity contribution in [1.29, 1.82) is 0 Å². The van der Waals surface area contributed by atoms with Gasteiger partial charge in [0.1, 0.15) is 0 Å². The zero-order valence-electron chi connectivity index (χ0n) is 24.3. The van der Waals surface area contributed by atoms with Crippen molar-refractivity contribution in [1.82, 2.24) is 9.97 Å². The first-order chi connectivity index (χ1) is 21.9. The molecule has 0 amide bonds. The molecule has 5 nitrogen and oxygen atoms in total. The Morgan fingerprint density at radius 2 is 1.00 bits per heavy atom. The minimum absolute atomic E-state index is 0.0195. The van der Waals surface area contributed by atoms with Crippen LogP contribution in [0.5, 0.6) is 17.2 Å². The van der Waals surface area contributed by atoms with E-state index in [2.05, 4.69) is 9.97 Å². The fourth-order valence-corrected chi connectivity index (χ4v) is 8.21. The molecular formula is C34H23F6GaN2O3. The van der Waals surface area contributed by atoms with E-state index in [0.717, 1.165) is 34.4 Å². The molecule has 0 bridgehead atoms. The quantitative estimate of drug-likeness (QED) is 0.123. The van der Waals surface area contributed by atoms with Crippen LogP contribution in [0.2, 0.25) is 0 Å². The van der Waals surface area contributed by atoms with E-state index < -0.39 is 41.1 Å². The summed E-state index contributed by atoms with van der Waals surface area (Å²) in [4.78, 5) is 7.63. The van der Waals surface area contributed by atoms with Gasteiger partial charge >= 0.3 is 266 Å². The van der Waals surface area contributed by atoms with Gasteiger partial charge in [-0.1, -0.05) is 0 Å². The summed E-state index contributed by atoms with van der Waals surface area (Å²) in [6.45, 7) is 3.66. The number of rotatable bonds is 7. The van der Waals surface area contributed by atoms with Crippen molar-refractivity contribution in [2.24, 2.45) is 0 Å². The van der Waals surface area contributed by atoms with E-state index in [4.69, 9.17) is 10.6 Å². The zero-order valence-corrected chi connectivity index (χ0v) is 26.7. The molecule has 2 heterocycles. The number of alkyl halides is 6. The average molecular weight is 691 g/mol. The van der Waals surface area contributed by atoms with Crippen molar-refractivity contribution in [3.8, 4) is 28.4 Å². The van der Waals surface area contributed by atoms with Crippen LogP contribution in [0.15, 0.2) is 103 Å². The van der Waals surface area contributed by atoms with Gasteiger partial charge in [-0.15, -0.1) is 0 Å². The second kappa shape index (κ2) is 12.3. The molecule has 232 valence electrons. The number of aromatic nitrogens is 2. The Balaban J connectivity index is 1.44. The predicted octanol–water partition coefficient (Wildman–Crippen LogP) is 9.63. The Morgan fingerprint density at radius 1 is 0.522 bits per heavy atom. The van der Waals surface area contributed by atoms with Gasteiger partial charge in [0.2, 0.25) is 0 Å². The summed E-state index contributed by atoms with van der Waals surface area (Å²) in [6.07, 6.45) is -9.40. The van der Waals surface area contributed by atoms with Crippen molar-refractivity contribution in [2.75, 3.05) is 0 Å². The molecule has 0 saturated carbocycles. The number of hydrogen-bond donors (Lipinski definition) is 0. The number of hydrogen-bond acceptors (Lipinski definition) is 5. The molecule has 0 aliphatic rings. The van der Waals surface area contributed by atoms with E-state index in [1.807, 2.05) is 56.3 Å². The van der Waals surface area contributed by atoms with E-state index in [9.17, 15) is 26.3 Å². The number of benzene rings is 4. The minimum atomic E-state index is -4.70. The average Bonchev–Trinajstić information content (AvgIpc) is 3.02. The second-order valence-electron chi connectivity index (χ2n) is 10.5. The van der Waals surface area contributed by atoms with Crippen LogP contribution in [0.3, 0.4) is 0 Å². The first kappa shape index (κ1) is 31.3. The molecule has 46 heavy (non-hydrogen) atoms. The number of nitrogens with zero attached hydrogens (tertiary/aromatic N) is 2. The summed E-state index contributed by atoms with van der Waals surface area (Å²) in [5, 5.41) is 0.765. The van der Waals surface area contributed by atoms with Crippen LogP contribution in [0.1, 0.15) is 22.5 Å². The van der Waals surface area contributed by atoms with Crippen LogP contribution in [-0.2, 0) is 12.4 Å². The number of pyridine rings is 2. The first-order valence-corrected chi connectivity index (χ1v) is 16.9. The van der Waals surface area contributed by atoms with E-state index in [1.54, 1.807) is 24.3 Å². The molecule has 2 aromatic heterocycles. The summed E-state index contributed by atoms with van der Waals surface area (Å²) < 4.78 is 100. The molecule has 0 saturated heterocycles. The van der Waals surface area contributed by atoms with E-state index in [0.29, 0.717) is 16.5 Å². The molecule has 0 spiro atoms. The molecule has 0 aliphatic heterocycles. The van der Waals surface area contributed by atoms with Gasteiger partial charge < -0.3 is 0 Å². The van der Waals surface area contributed by atoms with Gasteiger partial charge in [0.15, 0.2) is 0 Å². The van der Waals surface area contributed by atoms with Crippen molar-refractivity contribution in [2.45, 2.75) is 26.2 Å². The van der Waals surface area contributed by atoms with Gasteiger partial charge in [-0.05, 0) is 0 Å². The number of para-hydroxylation sites is 2. The molecule has 6 aromatic rings. The maximum absolute atomic E-state index is 13.6. The number of halogens is 6. The molecule has 0 aliphatic carbocycles. The van der Waals surface area contributed by atoms with Crippen LogP contribution in [-0.4, -0.2) is 27.3 Å². The zero-order chi connectivity index (χ0) is 32.6. The molecule has 0 radical (unpaired) electrons. The van der Waals surface area contributed by atoms with Crippen molar-refractivity contribution < 1.29 is 36.9 Å². The van der Waals surface area contributed by atoms with Gasteiger partial charge in [-0.2, -0.15) is 0 Å². The molecule has 0 atom stereocenters. The molecule has 4 aromatic carbocycles. The van der Waals surface area contributed by atoms with Gasteiger partial charge in [0.25, 0.3) is 0 Å². The Kier molecular flexibility index (Phi) is 8.34. The van der Waals surface area contributed by atoms with Gasteiger partial charge in [-0.25, -0.2) is 0 Å². The Morgan fingerprint density at radius 3 is 1.46 bits per heavy atom. The van der Waals surface area contributed by atoms with E-state index in [1.165, 1.54) is 24.3 Å². The molecule has 6 rings (SSSR count). The molecule has 12 heteroatoms. The van der Waals surface area contributed by atoms with Crippen LogP contribution >= 0.6 is 0 Å². The molecule has 0 unspecified atom stereocenters. The second-order valence-corrected chi connectivity index (χ2v) is 13.2. The SMILES string of the molecule is Cc1cc(-c2ccccc2)cc(C)c1[O][Ga]([O]c1cccc2ccc(C(F)(F)F)nc12)[O]c1cccc2ccc(C(F)(F)F)nc12. The van der Waals surface area contributed by atoms with Gasteiger partial charge in [0, 0.05) is 0 Å². The summed E-state index contributed by atoms with van der Waals surface area (Å²) in [5.41, 5.74) is 1.03. The molecule has 0 fully saturated rings. The summed E-state index contributed by atoms with van der Waals surface area (Å²) >= 11 is -4.18. The predicted molar refractivity (Wildman–Crippen MR) is 162 cm³/mol. The monoisotopic (exact) mass is 690 g/mol. The van der Waals surface area contributed by atoms with E-state index in [-0.39, 0.29) is 22.5 Å². The topological polar surface area (TPSA) is 53.5 Å². The third kappa shape index (κ3) is 6.63. The van der Waals surface area contributed by atoms with Crippen molar-refractivity contribution in [3.63, 3.8) is 0 Å². The maximum atomic E-state index is 13.6. The molecule has 0 N–H and O–H groups in total. The number of fused-ring (bicyclic) bond motifs is 2. The molecular weight excluding hydrogens is 668 g/mol. The Hall–Kier alpha value is -4.68. The Bertz CT molecular complexity index is 1930. The number of aryl methyl sites for hydroxylation is 2. The third-order valence-corrected chi connectivity index (χ3v) is 9.95. The van der Waals surface area contributed by atoms with Gasteiger partial charge in [0.05, 0.1) is 0 Å². The van der Waals surface area contributed by atoms with E-state index >= 15 is 0 Å². The standard InChI is InChI=1S/C14H14O.2C10H6F3NO.Ga/c1-10-8-13(9-11(2)14(10)15)12-6-4-3-5-7-12;2*11-10(12,13)8-5-4-6-2-1-3-7(15)9(6)14-8;/h3-9,15H,1-2H3;2*1-5,15H;/q;;;+3/p-3. The van der Waals surface area contributed by atoms with Gasteiger partial charge in [-0.3, -0.25) is 0 Å². The Labute approximate surface area is 265 Å².